The van der Waals surface area contributed by atoms with Crippen LogP contribution in [0.15, 0.2) is 103 Å². The van der Waals surface area contributed by atoms with E-state index in [4.69, 9.17) is 5.10 Å². The highest BCUT2D eigenvalue weighted by atomic mass is 79.9. The Labute approximate surface area is 271 Å². The quantitative estimate of drug-likeness (QED) is 0.277. The van der Waals surface area contributed by atoms with Gasteiger partial charge in [0.05, 0.1) is 17.4 Å². The zero-order valence-electron chi connectivity index (χ0n) is 23.8. The highest BCUT2D eigenvalue weighted by molar-refractivity contribution is 9.10. The molecule has 3 aromatic carbocycles. The van der Waals surface area contributed by atoms with E-state index in [1.54, 1.807) is 17.1 Å². The van der Waals surface area contributed by atoms with E-state index in [9.17, 15) is 14.4 Å². The van der Waals surface area contributed by atoms with Crippen molar-refractivity contribution in [1.29, 1.82) is 0 Å². The number of carbonyl (C=O) groups is 3. The molecule has 4 aliphatic rings. The molecule has 1 saturated carbocycles. The first-order valence-corrected chi connectivity index (χ1v) is 16.1. The van der Waals surface area contributed by atoms with Gasteiger partial charge in [0.25, 0.3) is 17.7 Å². The zero-order valence-corrected chi connectivity index (χ0v) is 27.0. The minimum atomic E-state index is -0.980. The van der Waals surface area contributed by atoms with E-state index in [1.807, 2.05) is 55.5 Å². The van der Waals surface area contributed by atoms with Crippen molar-refractivity contribution in [2.75, 3.05) is 11.4 Å². The topological polar surface area (TPSA) is 98.0 Å². The first-order valence-electron chi connectivity index (χ1n) is 14.5. The van der Waals surface area contributed by atoms with Crippen molar-refractivity contribution in [3.8, 4) is 0 Å². The summed E-state index contributed by atoms with van der Waals surface area (Å²) in [5.41, 5.74) is 5.59. The first kappa shape index (κ1) is 28.8. The summed E-state index contributed by atoms with van der Waals surface area (Å²) in [6.45, 7) is 1.71. The van der Waals surface area contributed by atoms with Crippen LogP contribution in [0.25, 0.3) is 6.08 Å². The van der Waals surface area contributed by atoms with Gasteiger partial charge in [-0.05, 0) is 85.4 Å². The summed E-state index contributed by atoms with van der Waals surface area (Å²) in [5.74, 6) is -1.16. The van der Waals surface area contributed by atoms with Crippen LogP contribution in [-0.4, -0.2) is 52.1 Å². The predicted molar refractivity (Wildman–Crippen MR) is 173 cm³/mol. The first-order chi connectivity index (χ1) is 21.3. The molecule has 3 amide bonds. The fourth-order valence-corrected chi connectivity index (χ4v) is 7.00. The van der Waals surface area contributed by atoms with Crippen LogP contribution < -0.4 is 4.90 Å². The number of amides is 3. The van der Waals surface area contributed by atoms with E-state index >= 15 is 0 Å². The summed E-state index contributed by atoms with van der Waals surface area (Å²) in [5, 5.41) is 16.1. The van der Waals surface area contributed by atoms with E-state index in [0.29, 0.717) is 5.69 Å². The molecule has 0 bridgehead atoms. The lowest BCUT2D eigenvalue weighted by Crippen LogP contribution is -2.45. The fourth-order valence-electron chi connectivity index (χ4n) is 6.47. The summed E-state index contributed by atoms with van der Waals surface area (Å²) in [6, 6.07) is 21.0. The molecule has 0 radical (unpaired) electrons. The number of allylic oxidation sites excluding steroid dienone is 1. The minimum absolute atomic E-state index is 0.0234. The van der Waals surface area contributed by atoms with Crippen molar-refractivity contribution in [3.63, 3.8) is 0 Å². The summed E-state index contributed by atoms with van der Waals surface area (Å²) < 4.78 is 1.96. The predicted octanol–water partition coefficient (Wildman–Crippen LogP) is 6.64. The molecule has 3 heterocycles. The Kier molecular flexibility index (Phi) is 7.54. The number of benzene rings is 3. The van der Waals surface area contributed by atoms with Gasteiger partial charge in [-0.25, -0.2) is 9.91 Å². The molecule has 7 rings (SSSR count). The minimum Gasteiger partial charge on any atom is -0.271 e. The van der Waals surface area contributed by atoms with Gasteiger partial charge < -0.3 is 0 Å². The van der Waals surface area contributed by atoms with E-state index < -0.39 is 23.9 Å². The zero-order chi connectivity index (χ0) is 30.5. The molecule has 0 N–H and O–H groups in total. The van der Waals surface area contributed by atoms with E-state index in [1.165, 1.54) is 5.01 Å². The van der Waals surface area contributed by atoms with Crippen molar-refractivity contribution in [2.45, 2.75) is 44.3 Å². The van der Waals surface area contributed by atoms with Gasteiger partial charge in [-0.1, -0.05) is 79.0 Å². The highest BCUT2D eigenvalue weighted by Crippen LogP contribution is 2.45. The van der Waals surface area contributed by atoms with Crippen molar-refractivity contribution < 1.29 is 14.4 Å². The highest BCUT2D eigenvalue weighted by Gasteiger charge is 2.55. The second-order valence-electron chi connectivity index (χ2n) is 11.5. The van der Waals surface area contributed by atoms with Crippen LogP contribution in [0, 0.1) is 12.8 Å². The maximum Gasteiger partial charge on any atom is 0.264 e. The van der Waals surface area contributed by atoms with Crippen molar-refractivity contribution in [1.82, 2.24) is 10.0 Å². The van der Waals surface area contributed by atoms with Gasteiger partial charge in [0.15, 0.2) is 12.1 Å². The largest absolute Gasteiger partial charge is 0.271 e. The Balaban J connectivity index is 1.18. The van der Waals surface area contributed by atoms with Gasteiger partial charge in [-0.15, -0.1) is 0 Å². The summed E-state index contributed by atoms with van der Waals surface area (Å²) in [7, 11) is 0. The number of imide groups is 1. The molecule has 2 fully saturated rings. The maximum absolute atomic E-state index is 14.1. The molecule has 0 unspecified atom stereocenters. The molecule has 4 atom stereocenters. The Morgan fingerprint density at radius 2 is 1.59 bits per heavy atom. The van der Waals surface area contributed by atoms with Gasteiger partial charge in [0, 0.05) is 14.9 Å². The van der Waals surface area contributed by atoms with Gasteiger partial charge in [0.2, 0.25) is 0 Å². The standard InChI is InChI=1S/C33H28Br2N6O3/c1-19-5-15-25(16-6-19)40-32(43)29-31(33(40)44)39(38-36-29)18-27(42)41-30(21-9-13-24(35)14-10-21)26-4-2-3-22(28(26)37-41)17-20-7-11-23(34)12-8-20/h5-17,26,29-31H,2-4,18H2,1H3/b22-17+/t26-,29+,30+,31-/m0/s1. The third-order valence-electron chi connectivity index (χ3n) is 8.63. The third-order valence-corrected chi connectivity index (χ3v) is 9.68. The lowest BCUT2D eigenvalue weighted by atomic mass is 9.77. The monoisotopic (exact) mass is 714 g/mol. The molecule has 1 saturated heterocycles. The molecule has 3 aromatic rings. The molecule has 0 spiro atoms. The summed E-state index contributed by atoms with van der Waals surface area (Å²) in [4.78, 5) is 42.0. The number of aryl methyl sites for hydroxylation is 1. The molecule has 11 heteroatoms. The average molecular weight is 716 g/mol. The number of fused-ring (bicyclic) bond motifs is 2. The van der Waals surface area contributed by atoms with E-state index in [2.05, 4.69) is 60.4 Å². The molecule has 1 aliphatic carbocycles. The Hall–Kier alpha value is -3.96. The smallest absolute Gasteiger partial charge is 0.264 e. The van der Waals surface area contributed by atoms with Gasteiger partial charge in [-0.3, -0.25) is 19.4 Å². The Bertz CT molecular complexity index is 1740. The molecule has 3 aliphatic heterocycles. The van der Waals surface area contributed by atoms with Crippen LogP contribution in [0.4, 0.5) is 5.69 Å². The molecular formula is C33H28Br2N6O3. The van der Waals surface area contributed by atoms with Gasteiger partial charge >= 0.3 is 0 Å². The Morgan fingerprint density at radius 1 is 0.909 bits per heavy atom. The van der Waals surface area contributed by atoms with Crippen LogP contribution in [-0.2, 0) is 14.4 Å². The molecular weight excluding hydrogens is 688 g/mol. The van der Waals surface area contributed by atoms with Gasteiger partial charge in [-0.2, -0.15) is 10.2 Å². The molecule has 222 valence electrons. The van der Waals surface area contributed by atoms with E-state index in [0.717, 1.165) is 61.1 Å². The van der Waals surface area contributed by atoms with Crippen LogP contribution in [0.3, 0.4) is 0 Å². The van der Waals surface area contributed by atoms with Crippen LogP contribution >= 0.6 is 31.9 Å². The molecule has 0 aromatic heterocycles. The summed E-state index contributed by atoms with van der Waals surface area (Å²) >= 11 is 7.03. The third kappa shape index (κ3) is 5.11. The van der Waals surface area contributed by atoms with Crippen molar-refractivity contribution in [2.24, 2.45) is 21.4 Å². The fraction of sp³-hybridized carbons (Fsp3) is 0.273. The molecule has 9 nitrogen and oxygen atoms in total. The second-order valence-corrected chi connectivity index (χ2v) is 13.3. The normalized spacial score (nSPS) is 25.1. The number of hydrazone groups is 1. The SMILES string of the molecule is Cc1ccc(N2C(=O)[C@@H]3[C@@H](N=NN3CC(=O)N3N=C4/C(=C/c5ccc(Br)cc5)CCC[C@@H]4[C@H]3c3ccc(Br)cc3)C2=O)cc1. The number of rotatable bonds is 5. The number of halogens is 2. The van der Waals surface area contributed by atoms with Gasteiger partial charge in [0.1, 0.15) is 6.54 Å². The van der Waals surface area contributed by atoms with Crippen LogP contribution in [0.5, 0.6) is 0 Å². The van der Waals surface area contributed by atoms with E-state index in [-0.39, 0.29) is 24.4 Å². The Morgan fingerprint density at radius 3 is 2.30 bits per heavy atom. The van der Waals surface area contributed by atoms with Crippen LogP contribution in [0.2, 0.25) is 0 Å². The number of carbonyl (C=O) groups excluding carboxylic acids is 3. The maximum atomic E-state index is 14.1. The summed E-state index contributed by atoms with van der Waals surface area (Å²) in [6.07, 6.45) is 4.91. The number of hydrogen-bond donors (Lipinski definition) is 0. The number of nitrogens with zero attached hydrogens (tertiary/aromatic N) is 6. The number of anilines is 1. The molecule has 44 heavy (non-hydrogen) atoms. The number of hydrogen-bond acceptors (Lipinski definition) is 7. The van der Waals surface area contributed by atoms with Crippen LogP contribution in [0.1, 0.15) is 42.0 Å². The lowest BCUT2D eigenvalue weighted by Gasteiger charge is -2.30. The van der Waals surface area contributed by atoms with Crippen molar-refractivity contribution in [3.05, 3.63) is 104 Å². The van der Waals surface area contributed by atoms with Crippen molar-refractivity contribution >= 4 is 67.1 Å². The average Bonchev–Trinajstić information content (AvgIpc) is 3.69. The second kappa shape index (κ2) is 11.5. The lowest BCUT2D eigenvalue weighted by molar-refractivity contribution is -0.136.